The fourth-order valence-electron chi connectivity index (χ4n) is 3.92. The Labute approximate surface area is 184 Å². The van der Waals surface area contributed by atoms with Crippen LogP contribution >= 0.6 is 0 Å². The topological polar surface area (TPSA) is 92.4 Å². The number of ether oxygens (including phenoxy) is 2. The monoisotopic (exact) mass is 433 g/mol. The number of esters is 2. The van der Waals surface area contributed by atoms with Crippen LogP contribution in [0, 0.1) is 6.92 Å². The number of carbonyl (C=O) groups excluding carboxylic acids is 2. The predicted octanol–water partition coefficient (Wildman–Crippen LogP) is 3.12. The Bertz CT molecular complexity index is 1400. The summed E-state index contributed by atoms with van der Waals surface area (Å²) in [4.78, 5) is 41.9. The summed E-state index contributed by atoms with van der Waals surface area (Å²) in [6, 6.07) is 14.8. The average Bonchev–Trinajstić information content (AvgIpc) is 3.05. The molecule has 2 aromatic heterocycles. The van der Waals surface area contributed by atoms with E-state index < -0.39 is 11.9 Å². The second kappa shape index (κ2) is 8.66. The molecule has 0 aliphatic heterocycles. The molecule has 0 unspecified atom stereocenters. The number of imidazole rings is 1. The minimum Gasteiger partial charge on any atom is -0.465 e. The molecule has 8 heteroatoms. The molecule has 2 heterocycles. The van der Waals surface area contributed by atoms with E-state index in [4.69, 9.17) is 9.47 Å². The Morgan fingerprint density at radius 2 is 1.72 bits per heavy atom. The number of rotatable bonds is 6. The zero-order valence-electron chi connectivity index (χ0n) is 18.1. The molecule has 0 spiro atoms. The molecule has 4 aromatic rings. The van der Waals surface area contributed by atoms with Crippen molar-refractivity contribution >= 4 is 33.9 Å². The summed E-state index contributed by atoms with van der Waals surface area (Å²) in [5, 5.41) is 0.832. The second-order valence-electron chi connectivity index (χ2n) is 7.46. The lowest BCUT2D eigenvalue weighted by Crippen LogP contribution is -2.23. The molecule has 0 saturated heterocycles. The number of para-hydroxylation sites is 3. The van der Waals surface area contributed by atoms with E-state index >= 15 is 0 Å². The van der Waals surface area contributed by atoms with E-state index in [0.717, 1.165) is 22.0 Å². The molecule has 0 bridgehead atoms. The molecule has 0 saturated carbocycles. The van der Waals surface area contributed by atoms with Gasteiger partial charge in [0.1, 0.15) is 6.61 Å². The summed E-state index contributed by atoms with van der Waals surface area (Å²) >= 11 is 0. The highest BCUT2D eigenvalue weighted by Gasteiger charge is 2.20. The summed E-state index contributed by atoms with van der Waals surface area (Å²) < 4.78 is 13.4. The number of pyridine rings is 1. The maximum Gasteiger partial charge on any atom is 0.340 e. The third-order valence-corrected chi connectivity index (χ3v) is 5.58. The first-order valence-corrected chi connectivity index (χ1v) is 10.2. The van der Waals surface area contributed by atoms with Crippen LogP contribution in [0.5, 0.6) is 0 Å². The van der Waals surface area contributed by atoms with Gasteiger partial charge in [0.05, 0.1) is 41.3 Å². The number of benzene rings is 2. The number of carbonyl (C=O) groups is 2. The van der Waals surface area contributed by atoms with Gasteiger partial charge in [-0.15, -0.1) is 0 Å². The van der Waals surface area contributed by atoms with Gasteiger partial charge in [-0.25, -0.2) is 14.6 Å². The van der Waals surface area contributed by atoms with Crippen LogP contribution in [0.15, 0.2) is 53.3 Å². The van der Waals surface area contributed by atoms with Gasteiger partial charge >= 0.3 is 17.6 Å². The van der Waals surface area contributed by atoms with Gasteiger partial charge in [0.25, 0.3) is 0 Å². The normalized spacial score (nSPS) is 11.1. The number of fused-ring (bicyclic) bond motifs is 2. The van der Waals surface area contributed by atoms with Crippen LogP contribution in [0.4, 0.5) is 0 Å². The van der Waals surface area contributed by atoms with Crippen molar-refractivity contribution in [3.63, 3.8) is 0 Å². The van der Waals surface area contributed by atoms with Gasteiger partial charge in [-0.2, -0.15) is 0 Å². The maximum absolute atomic E-state index is 12.5. The lowest BCUT2D eigenvalue weighted by molar-refractivity contribution is -0.145. The Morgan fingerprint density at radius 3 is 2.47 bits per heavy atom. The SMILES string of the molecule is COC(=O)c1c(COC(=O)CCn2c(=O)n(C)c3ccccc32)nc2ccccc2c1C. The molecule has 4 rings (SSSR count). The van der Waals surface area contributed by atoms with Crippen molar-refractivity contribution in [1.29, 1.82) is 0 Å². The van der Waals surface area contributed by atoms with Crippen LogP contribution in [0.25, 0.3) is 21.9 Å². The Balaban J connectivity index is 1.53. The highest BCUT2D eigenvalue weighted by Crippen LogP contribution is 2.24. The molecule has 2 aromatic carbocycles. The molecular formula is C24H23N3O5. The quantitative estimate of drug-likeness (QED) is 0.434. The standard InChI is InChI=1S/C24H23N3O5/c1-15-16-8-4-5-9-17(16)25-18(22(15)23(29)31-3)14-32-21(28)12-13-27-20-11-7-6-10-19(20)26(2)24(27)30/h4-11H,12-14H2,1-3H3. The molecule has 32 heavy (non-hydrogen) atoms. The summed E-state index contributed by atoms with van der Waals surface area (Å²) in [7, 11) is 3.00. The number of aromatic nitrogens is 3. The Kier molecular flexibility index (Phi) is 5.77. The fraction of sp³-hybridized carbons (Fsp3) is 0.250. The van der Waals surface area contributed by atoms with Gasteiger partial charge < -0.3 is 9.47 Å². The van der Waals surface area contributed by atoms with Crippen molar-refractivity contribution in [2.75, 3.05) is 7.11 Å². The van der Waals surface area contributed by atoms with E-state index in [-0.39, 0.29) is 25.3 Å². The van der Waals surface area contributed by atoms with Crippen LogP contribution in [-0.4, -0.2) is 33.2 Å². The Hall–Kier alpha value is -3.94. The van der Waals surface area contributed by atoms with Gasteiger partial charge in [0, 0.05) is 19.0 Å². The van der Waals surface area contributed by atoms with Crippen LogP contribution in [0.1, 0.15) is 28.0 Å². The van der Waals surface area contributed by atoms with E-state index in [1.165, 1.54) is 7.11 Å². The van der Waals surface area contributed by atoms with Crippen molar-refractivity contribution in [2.45, 2.75) is 26.5 Å². The van der Waals surface area contributed by atoms with Crippen LogP contribution in [0.2, 0.25) is 0 Å². The smallest absolute Gasteiger partial charge is 0.340 e. The lowest BCUT2D eigenvalue weighted by atomic mass is 10.0. The van der Waals surface area contributed by atoms with Gasteiger partial charge in [-0.1, -0.05) is 30.3 Å². The second-order valence-corrected chi connectivity index (χ2v) is 7.46. The summed E-state index contributed by atoms with van der Waals surface area (Å²) in [6.45, 7) is 1.83. The molecule has 0 amide bonds. The lowest BCUT2D eigenvalue weighted by Gasteiger charge is -2.13. The van der Waals surface area contributed by atoms with Crippen molar-refractivity contribution in [2.24, 2.45) is 7.05 Å². The van der Waals surface area contributed by atoms with E-state index in [0.29, 0.717) is 16.8 Å². The van der Waals surface area contributed by atoms with E-state index in [1.54, 1.807) is 16.2 Å². The largest absolute Gasteiger partial charge is 0.465 e. The molecular weight excluding hydrogens is 410 g/mol. The molecule has 0 N–H and O–H groups in total. The molecule has 0 aliphatic rings. The number of hydrogen-bond donors (Lipinski definition) is 0. The summed E-state index contributed by atoms with van der Waals surface area (Å²) in [6.07, 6.45) is 0.00797. The number of nitrogens with zero attached hydrogens (tertiary/aromatic N) is 3. The van der Waals surface area contributed by atoms with Gasteiger partial charge in [0.2, 0.25) is 0 Å². The fourth-order valence-corrected chi connectivity index (χ4v) is 3.92. The molecule has 0 radical (unpaired) electrons. The first-order chi connectivity index (χ1) is 15.4. The van der Waals surface area contributed by atoms with E-state index in [1.807, 2.05) is 55.5 Å². The molecule has 0 fully saturated rings. The third kappa shape index (κ3) is 3.75. The Morgan fingerprint density at radius 1 is 1.03 bits per heavy atom. The minimum absolute atomic E-state index is 0.00797. The van der Waals surface area contributed by atoms with E-state index in [2.05, 4.69) is 4.98 Å². The van der Waals surface area contributed by atoms with Crippen molar-refractivity contribution < 1.29 is 19.1 Å². The van der Waals surface area contributed by atoms with E-state index in [9.17, 15) is 14.4 Å². The van der Waals surface area contributed by atoms with Gasteiger partial charge in [-0.05, 0) is 30.7 Å². The van der Waals surface area contributed by atoms with Crippen molar-refractivity contribution in [3.8, 4) is 0 Å². The van der Waals surface area contributed by atoms with Gasteiger partial charge in [-0.3, -0.25) is 13.9 Å². The van der Waals surface area contributed by atoms with Crippen LogP contribution in [-0.2, 0) is 34.5 Å². The van der Waals surface area contributed by atoms with Crippen molar-refractivity contribution in [3.05, 3.63) is 75.8 Å². The first kappa shape index (κ1) is 21.3. The van der Waals surface area contributed by atoms with Gasteiger partial charge in [0.15, 0.2) is 0 Å². The number of aryl methyl sites for hydroxylation is 3. The van der Waals surface area contributed by atoms with Crippen molar-refractivity contribution in [1.82, 2.24) is 14.1 Å². The molecule has 8 nitrogen and oxygen atoms in total. The third-order valence-electron chi connectivity index (χ3n) is 5.58. The summed E-state index contributed by atoms with van der Waals surface area (Å²) in [5.41, 5.74) is 3.41. The minimum atomic E-state index is -0.533. The summed E-state index contributed by atoms with van der Waals surface area (Å²) in [5.74, 6) is -1.03. The van der Waals surface area contributed by atoms with Crippen LogP contribution in [0.3, 0.4) is 0 Å². The molecule has 0 atom stereocenters. The zero-order valence-corrected chi connectivity index (χ0v) is 18.1. The predicted molar refractivity (Wildman–Crippen MR) is 119 cm³/mol. The average molecular weight is 433 g/mol. The number of hydrogen-bond acceptors (Lipinski definition) is 6. The zero-order chi connectivity index (χ0) is 22.8. The highest BCUT2D eigenvalue weighted by atomic mass is 16.5. The molecule has 164 valence electrons. The first-order valence-electron chi connectivity index (χ1n) is 10.2. The molecule has 0 aliphatic carbocycles. The van der Waals surface area contributed by atoms with Crippen LogP contribution < -0.4 is 5.69 Å². The maximum atomic E-state index is 12.5. The number of methoxy groups -OCH3 is 1. The highest BCUT2D eigenvalue weighted by molar-refractivity contribution is 5.98.